The molecule has 130 valence electrons. The number of aryl methyl sites for hydroxylation is 1. The van der Waals surface area contributed by atoms with Gasteiger partial charge in [-0.05, 0) is 48.4 Å². The topological polar surface area (TPSA) is 71.1 Å². The summed E-state index contributed by atoms with van der Waals surface area (Å²) in [4.78, 5) is 28.0. The van der Waals surface area contributed by atoms with E-state index in [1.165, 1.54) is 17.3 Å². The first kappa shape index (κ1) is 17.1. The first-order valence-corrected chi connectivity index (χ1v) is 8.77. The van der Waals surface area contributed by atoms with Crippen molar-refractivity contribution in [3.05, 3.63) is 65.5 Å². The summed E-state index contributed by atoms with van der Waals surface area (Å²) in [6.45, 7) is 0.833. The normalized spacial score (nSPS) is 15.9. The zero-order valence-corrected chi connectivity index (χ0v) is 14.2. The molecule has 0 bridgehead atoms. The quantitative estimate of drug-likeness (QED) is 0.795. The van der Waals surface area contributed by atoms with E-state index in [9.17, 15) is 9.59 Å². The first-order chi connectivity index (χ1) is 12.2. The summed E-state index contributed by atoms with van der Waals surface area (Å²) in [7, 11) is 0. The van der Waals surface area contributed by atoms with Gasteiger partial charge in [-0.25, -0.2) is 0 Å². The van der Waals surface area contributed by atoms with Crippen molar-refractivity contribution >= 4 is 11.8 Å². The van der Waals surface area contributed by atoms with Crippen molar-refractivity contribution in [2.24, 2.45) is 0 Å². The zero-order valence-electron chi connectivity index (χ0n) is 14.2. The maximum absolute atomic E-state index is 12.2. The van der Waals surface area contributed by atoms with E-state index in [1.807, 2.05) is 6.07 Å². The molecule has 1 aromatic heterocycles. The Morgan fingerprint density at radius 1 is 1.08 bits per heavy atom. The van der Waals surface area contributed by atoms with Crippen LogP contribution >= 0.6 is 0 Å². The van der Waals surface area contributed by atoms with Gasteiger partial charge in [-0.2, -0.15) is 0 Å². The van der Waals surface area contributed by atoms with Crippen LogP contribution in [0.4, 0.5) is 0 Å². The molecule has 0 radical (unpaired) electrons. The van der Waals surface area contributed by atoms with Gasteiger partial charge >= 0.3 is 0 Å². The molecule has 1 aliphatic rings. The lowest BCUT2D eigenvalue weighted by Crippen LogP contribution is -2.35. The molecule has 0 saturated heterocycles. The number of carbonyl (C=O) groups is 2. The summed E-state index contributed by atoms with van der Waals surface area (Å²) in [5, 5.41) is 5.68. The van der Waals surface area contributed by atoms with Crippen LogP contribution in [-0.4, -0.2) is 29.9 Å². The molecular formula is C20H23N3O2. The second-order valence-corrected chi connectivity index (χ2v) is 6.34. The lowest BCUT2D eigenvalue weighted by Gasteiger charge is -2.25. The van der Waals surface area contributed by atoms with Crippen LogP contribution in [0, 0.1) is 0 Å². The SMILES string of the molecule is O=C(C[C@H]1CCCc2ccccc21)NCCNC(=O)c1cccnc1. The van der Waals surface area contributed by atoms with E-state index >= 15 is 0 Å². The molecule has 0 spiro atoms. The lowest BCUT2D eigenvalue weighted by atomic mass is 9.81. The van der Waals surface area contributed by atoms with Gasteiger partial charge in [0.2, 0.25) is 5.91 Å². The Labute approximate surface area is 147 Å². The molecule has 25 heavy (non-hydrogen) atoms. The van der Waals surface area contributed by atoms with Crippen molar-refractivity contribution in [2.45, 2.75) is 31.6 Å². The highest BCUT2D eigenvalue weighted by atomic mass is 16.2. The minimum absolute atomic E-state index is 0.0392. The summed E-state index contributed by atoms with van der Waals surface area (Å²) in [6, 6.07) is 11.8. The molecule has 5 heteroatoms. The Bertz CT molecular complexity index is 731. The van der Waals surface area contributed by atoms with Crippen LogP contribution in [0.5, 0.6) is 0 Å². The fraction of sp³-hybridized carbons (Fsp3) is 0.350. The van der Waals surface area contributed by atoms with E-state index in [4.69, 9.17) is 0 Å². The number of nitrogens with one attached hydrogen (secondary N) is 2. The molecule has 2 aromatic rings. The highest BCUT2D eigenvalue weighted by Gasteiger charge is 2.22. The van der Waals surface area contributed by atoms with E-state index in [-0.39, 0.29) is 11.8 Å². The van der Waals surface area contributed by atoms with E-state index in [0.29, 0.717) is 31.0 Å². The third kappa shape index (κ3) is 4.66. The largest absolute Gasteiger partial charge is 0.354 e. The fourth-order valence-corrected chi connectivity index (χ4v) is 3.34. The monoisotopic (exact) mass is 337 g/mol. The van der Waals surface area contributed by atoms with E-state index in [2.05, 4.69) is 33.8 Å². The van der Waals surface area contributed by atoms with Crippen molar-refractivity contribution in [1.29, 1.82) is 0 Å². The van der Waals surface area contributed by atoms with Crippen LogP contribution in [0.2, 0.25) is 0 Å². The molecule has 0 aliphatic heterocycles. The maximum atomic E-state index is 12.2. The van der Waals surface area contributed by atoms with E-state index in [1.54, 1.807) is 18.3 Å². The van der Waals surface area contributed by atoms with E-state index in [0.717, 1.165) is 19.3 Å². The molecule has 1 atom stereocenters. The van der Waals surface area contributed by atoms with Gasteiger partial charge in [0.25, 0.3) is 5.91 Å². The minimum atomic E-state index is -0.177. The maximum Gasteiger partial charge on any atom is 0.252 e. The number of rotatable bonds is 6. The molecular weight excluding hydrogens is 314 g/mol. The summed E-state index contributed by atoms with van der Waals surface area (Å²) < 4.78 is 0. The Morgan fingerprint density at radius 3 is 2.76 bits per heavy atom. The average Bonchev–Trinajstić information content (AvgIpc) is 2.66. The average molecular weight is 337 g/mol. The number of benzene rings is 1. The number of carbonyl (C=O) groups excluding carboxylic acids is 2. The molecule has 0 unspecified atom stereocenters. The van der Waals surface area contributed by atoms with Gasteiger partial charge in [0.05, 0.1) is 5.56 Å². The Morgan fingerprint density at radius 2 is 1.92 bits per heavy atom. The van der Waals surface area contributed by atoms with Crippen LogP contribution < -0.4 is 10.6 Å². The Kier molecular flexibility index (Phi) is 5.77. The summed E-state index contributed by atoms with van der Waals surface area (Å²) in [6.07, 6.45) is 6.95. The minimum Gasteiger partial charge on any atom is -0.354 e. The standard InChI is InChI=1S/C20H23N3O2/c24-19(13-16-7-3-6-15-5-1-2-9-18(15)16)22-11-12-23-20(25)17-8-4-10-21-14-17/h1-2,4-5,8-10,14,16H,3,6-7,11-13H2,(H,22,24)(H,23,25)/t16-/m1/s1. The van der Waals surface area contributed by atoms with Crippen molar-refractivity contribution in [1.82, 2.24) is 15.6 Å². The number of hydrogen-bond acceptors (Lipinski definition) is 3. The number of pyridine rings is 1. The number of aromatic nitrogens is 1. The van der Waals surface area contributed by atoms with Crippen LogP contribution in [0.1, 0.15) is 46.7 Å². The predicted octanol–water partition coefficient (Wildman–Crippen LogP) is 2.44. The second-order valence-electron chi connectivity index (χ2n) is 6.34. The Hall–Kier alpha value is -2.69. The molecule has 1 aliphatic carbocycles. The van der Waals surface area contributed by atoms with Gasteiger partial charge in [0.15, 0.2) is 0 Å². The van der Waals surface area contributed by atoms with Crippen molar-refractivity contribution in [3.63, 3.8) is 0 Å². The zero-order chi connectivity index (χ0) is 17.5. The van der Waals surface area contributed by atoms with Crippen LogP contribution in [-0.2, 0) is 11.2 Å². The lowest BCUT2D eigenvalue weighted by molar-refractivity contribution is -0.121. The highest BCUT2D eigenvalue weighted by molar-refractivity contribution is 5.93. The van der Waals surface area contributed by atoms with Gasteiger partial charge < -0.3 is 10.6 Å². The number of hydrogen-bond donors (Lipinski definition) is 2. The number of nitrogens with zero attached hydrogens (tertiary/aromatic N) is 1. The molecule has 1 aromatic carbocycles. The fourth-order valence-electron chi connectivity index (χ4n) is 3.34. The van der Waals surface area contributed by atoms with E-state index < -0.39 is 0 Å². The summed E-state index contributed by atoms with van der Waals surface area (Å²) >= 11 is 0. The molecule has 0 fully saturated rings. The number of fused-ring (bicyclic) bond motifs is 1. The van der Waals surface area contributed by atoms with Crippen LogP contribution in [0.25, 0.3) is 0 Å². The predicted molar refractivity (Wildman–Crippen MR) is 96.3 cm³/mol. The molecule has 2 amide bonds. The highest BCUT2D eigenvalue weighted by Crippen LogP contribution is 2.33. The van der Waals surface area contributed by atoms with Crippen molar-refractivity contribution in [2.75, 3.05) is 13.1 Å². The third-order valence-corrected chi connectivity index (χ3v) is 4.58. The third-order valence-electron chi connectivity index (χ3n) is 4.58. The first-order valence-electron chi connectivity index (χ1n) is 8.77. The summed E-state index contributed by atoms with van der Waals surface area (Å²) in [5.74, 6) is 0.163. The molecule has 5 nitrogen and oxygen atoms in total. The second kappa shape index (κ2) is 8.42. The van der Waals surface area contributed by atoms with Crippen molar-refractivity contribution in [3.8, 4) is 0 Å². The number of amides is 2. The van der Waals surface area contributed by atoms with Crippen LogP contribution in [0.3, 0.4) is 0 Å². The van der Waals surface area contributed by atoms with Crippen LogP contribution in [0.15, 0.2) is 48.8 Å². The van der Waals surface area contributed by atoms with Gasteiger partial charge in [-0.1, -0.05) is 24.3 Å². The van der Waals surface area contributed by atoms with Crippen molar-refractivity contribution < 1.29 is 9.59 Å². The van der Waals surface area contributed by atoms with Gasteiger partial charge in [0, 0.05) is 31.9 Å². The van der Waals surface area contributed by atoms with Gasteiger partial charge in [-0.3, -0.25) is 14.6 Å². The van der Waals surface area contributed by atoms with Gasteiger partial charge in [0.1, 0.15) is 0 Å². The summed E-state index contributed by atoms with van der Waals surface area (Å²) in [5.41, 5.74) is 3.21. The van der Waals surface area contributed by atoms with Gasteiger partial charge in [-0.15, -0.1) is 0 Å². The molecule has 0 saturated carbocycles. The molecule has 1 heterocycles. The molecule has 2 N–H and O–H groups in total. The Balaban J connectivity index is 1.41. The molecule has 3 rings (SSSR count). The smallest absolute Gasteiger partial charge is 0.252 e.